The summed E-state index contributed by atoms with van der Waals surface area (Å²) in [5.74, 6) is 0. The Morgan fingerprint density at radius 1 is 1.33 bits per heavy atom. The van der Waals surface area contributed by atoms with Crippen molar-refractivity contribution < 1.29 is 27.2 Å². The molecule has 1 spiro atoms. The van der Waals surface area contributed by atoms with Gasteiger partial charge in [0.15, 0.2) is 0 Å². The van der Waals surface area contributed by atoms with Crippen LogP contribution >= 0.6 is 0 Å². The first-order valence-corrected chi connectivity index (χ1v) is 8.56. The molecule has 21 heavy (non-hydrogen) atoms. The minimum absolute atomic E-state index is 0.0340. The van der Waals surface area contributed by atoms with E-state index in [0.717, 1.165) is 0 Å². The Hall–Kier alpha value is -0.860. The van der Waals surface area contributed by atoms with E-state index in [1.165, 1.54) is 4.90 Å². The maximum absolute atomic E-state index is 12.2. The van der Waals surface area contributed by atoms with Crippen LogP contribution in [0.5, 0.6) is 0 Å². The van der Waals surface area contributed by atoms with Crippen molar-refractivity contribution in [3.8, 4) is 0 Å². The van der Waals surface area contributed by atoms with Crippen LogP contribution < -0.4 is 0 Å². The lowest BCUT2D eigenvalue weighted by molar-refractivity contribution is 0.00857. The Bertz CT molecular complexity index is 503. The summed E-state index contributed by atoms with van der Waals surface area (Å²) in [5, 5.41) is -0.971. The van der Waals surface area contributed by atoms with Gasteiger partial charge in [-0.05, 0) is 33.6 Å². The number of ether oxygens (including phenoxy) is 2. The van der Waals surface area contributed by atoms with Gasteiger partial charge in [-0.15, -0.1) is 0 Å². The summed E-state index contributed by atoms with van der Waals surface area (Å²) in [5.41, 5.74) is -1.28. The van der Waals surface area contributed by atoms with E-state index >= 15 is 0 Å². The molecule has 2 rings (SSSR count). The molecule has 7 nitrogen and oxygen atoms in total. The topological polar surface area (TPSA) is 93.1 Å². The molecule has 2 aliphatic heterocycles. The number of hydrogen-bond donors (Lipinski definition) is 1. The van der Waals surface area contributed by atoms with Gasteiger partial charge in [0.25, 0.3) is 10.1 Å². The SMILES string of the molecule is CC(C)(C)OC(=O)N1CC(S(=O)(=O)O)C2(CCOCC2)C1. The standard InChI is InChI=1S/C13H23NO6S/c1-12(2,3)20-11(15)14-8-10(21(16,17)18)13(9-14)4-6-19-7-5-13/h10H,4-9H2,1-3H3,(H,16,17,18). The second kappa shape index (κ2) is 5.40. The molecule has 122 valence electrons. The molecule has 0 saturated carbocycles. The minimum Gasteiger partial charge on any atom is -0.444 e. The van der Waals surface area contributed by atoms with E-state index in [0.29, 0.717) is 26.1 Å². The second-order valence-corrected chi connectivity index (χ2v) is 8.44. The molecular weight excluding hydrogens is 298 g/mol. The highest BCUT2D eigenvalue weighted by molar-refractivity contribution is 7.86. The van der Waals surface area contributed by atoms with Gasteiger partial charge in [0.2, 0.25) is 0 Å². The smallest absolute Gasteiger partial charge is 0.410 e. The lowest BCUT2D eigenvalue weighted by Crippen LogP contribution is -2.43. The molecule has 1 amide bonds. The molecule has 2 saturated heterocycles. The van der Waals surface area contributed by atoms with Gasteiger partial charge in [-0.25, -0.2) is 4.79 Å². The zero-order valence-electron chi connectivity index (χ0n) is 12.7. The Morgan fingerprint density at radius 3 is 2.38 bits per heavy atom. The van der Waals surface area contributed by atoms with Crippen molar-refractivity contribution in [2.45, 2.75) is 44.5 Å². The first-order chi connectivity index (χ1) is 9.54. The van der Waals surface area contributed by atoms with Crippen LogP contribution in [0.4, 0.5) is 4.79 Å². The molecule has 2 fully saturated rings. The van der Waals surface area contributed by atoms with E-state index in [1.54, 1.807) is 20.8 Å². The lowest BCUT2D eigenvalue weighted by atomic mass is 9.79. The number of hydrogen-bond acceptors (Lipinski definition) is 5. The predicted octanol–water partition coefficient (Wildman–Crippen LogP) is 1.29. The van der Waals surface area contributed by atoms with Gasteiger partial charge in [0.1, 0.15) is 10.9 Å². The van der Waals surface area contributed by atoms with E-state index in [1.807, 2.05) is 0 Å². The number of carbonyl (C=O) groups is 1. The fraction of sp³-hybridized carbons (Fsp3) is 0.923. The monoisotopic (exact) mass is 321 g/mol. The molecule has 0 aromatic carbocycles. The first kappa shape index (κ1) is 16.5. The summed E-state index contributed by atoms with van der Waals surface area (Å²) in [6.45, 7) is 6.38. The third kappa shape index (κ3) is 3.67. The predicted molar refractivity (Wildman–Crippen MR) is 75.6 cm³/mol. The number of nitrogens with zero attached hydrogens (tertiary/aromatic N) is 1. The first-order valence-electron chi connectivity index (χ1n) is 7.05. The fourth-order valence-electron chi connectivity index (χ4n) is 3.07. The Balaban J connectivity index is 2.20. The zero-order valence-corrected chi connectivity index (χ0v) is 13.5. The molecule has 0 radical (unpaired) electrons. The zero-order chi connectivity index (χ0) is 15.9. The quantitative estimate of drug-likeness (QED) is 0.732. The molecule has 1 atom stereocenters. The maximum atomic E-state index is 12.2. The third-order valence-electron chi connectivity index (χ3n) is 4.07. The average molecular weight is 321 g/mol. The molecule has 2 heterocycles. The van der Waals surface area contributed by atoms with Gasteiger partial charge in [-0.2, -0.15) is 8.42 Å². The molecule has 0 aromatic heterocycles. The number of amides is 1. The third-order valence-corrected chi connectivity index (χ3v) is 5.44. The van der Waals surface area contributed by atoms with Gasteiger partial charge in [-0.3, -0.25) is 4.55 Å². The van der Waals surface area contributed by atoms with Gasteiger partial charge in [-0.1, -0.05) is 0 Å². The van der Waals surface area contributed by atoms with Gasteiger partial charge < -0.3 is 14.4 Å². The molecule has 0 aliphatic carbocycles. The van der Waals surface area contributed by atoms with E-state index in [9.17, 15) is 17.8 Å². The van der Waals surface area contributed by atoms with Crippen LogP contribution in [0, 0.1) is 5.41 Å². The number of rotatable bonds is 1. The maximum Gasteiger partial charge on any atom is 0.410 e. The van der Waals surface area contributed by atoms with Gasteiger partial charge in [0.05, 0.1) is 0 Å². The van der Waals surface area contributed by atoms with Gasteiger partial charge in [0, 0.05) is 31.7 Å². The highest BCUT2D eigenvalue weighted by Gasteiger charge is 2.54. The Labute approximate surface area is 125 Å². The molecule has 8 heteroatoms. The van der Waals surface area contributed by atoms with E-state index < -0.39 is 32.5 Å². The summed E-state index contributed by atoms with van der Waals surface area (Å²) < 4.78 is 43.5. The van der Waals surface area contributed by atoms with E-state index in [-0.39, 0.29) is 13.1 Å². The lowest BCUT2D eigenvalue weighted by Gasteiger charge is -2.36. The van der Waals surface area contributed by atoms with Crippen molar-refractivity contribution in [2.24, 2.45) is 5.41 Å². The second-order valence-electron chi connectivity index (χ2n) is 6.84. The summed E-state index contributed by atoms with van der Waals surface area (Å²) >= 11 is 0. The van der Waals surface area contributed by atoms with Crippen LogP contribution in [0.1, 0.15) is 33.6 Å². The van der Waals surface area contributed by atoms with Crippen LogP contribution in [0.15, 0.2) is 0 Å². The van der Waals surface area contributed by atoms with Crippen molar-refractivity contribution in [1.29, 1.82) is 0 Å². The molecule has 0 aromatic rings. The average Bonchev–Trinajstić information content (AvgIpc) is 2.67. The van der Waals surface area contributed by atoms with Crippen LogP contribution in [0.25, 0.3) is 0 Å². The molecule has 0 bridgehead atoms. The summed E-state index contributed by atoms with van der Waals surface area (Å²) in [7, 11) is -4.23. The van der Waals surface area contributed by atoms with Crippen LogP contribution in [-0.4, -0.2) is 61.1 Å². The van der Waals surface area contributed by atoms with Crippen LogP contribution in [0.3, 0.4) is 0 Å². The number of likely N-dealkylation sites (tertiary alicyclic amines) is 1. The Kier molecular flexibility index (Phi) is 4.25. The number of carbonyl (C=O) groups excluding carboxylic acids is 1. The van der Waals surface area contributed by atoms with Gasteiger partial charge >= 0.3 is 6.09 Å². The van der Waals surface area contributed by atoms with E-state index in [4.69, 9.17) is 9.47 Å². The van der Waals surface area contributed by atoms with Crippen molar-refractivity contribution in [3.05, 3.63) is 0 Å². The van der Waals surface area contributed by atoms with Crippen molar-refractivity contribution in [1.82, 2.24) is 4.90 Å². The summed E-state index contributed by atoms with van der Waals surface area (Å²) in [6, 6.07) is 0. The summed E-state index contributed by atoms with van der Waals surface area (Å²) in [4.78, 5) is 13.5. The van der Waals surface area contributed by atoms with Crippen molar-refractivity contribution >= 4 is 16.2 Å². The molecule has 2 aliphatic rings. The molecular formula is C13H23NO6S. The Morgan fingerprint density at radius 2 is 1.90 bits per heavy atom. The van der Waals surface area contributed by atoms with Crippen LogP contribution in [-0.2, 0) is 19.6 Å². The highest BCUT2D eigenvalue weighted by atomic mass is 32.2. The normalized spacial score (nSPS) is 26.1. The molecule has 1 N–H and O–H groups in total. The molecule has 1 unspecified atom stereocenters. The minimum atomic E-state index is -4.23. The van der Waals surface area contributed by atoms with Crippen LogP contribution in [0.2, 0.25) is 0 Å². The van der Waals surface area contributed by atoms with Crippen molar-refractivity contribution in [3.63, 3.8) is 0 Å². The summed E-state index contributed by atoms with van der Waals surface area (Å²) in [6.07, 6.45) is 0.479. The van der Waals surface area contributed by atoms with E-state index in [2.05, 4.69) is 0 Å². The highest BCUT2D eigenvalue weighted by Crippen LogP contribution is 2.43. The van der Waals surface area contributed by atoms with Crippen molar-refractivity contribution in [2.75, 3.05) is 26.3 Å². The largest absolute Gasteiger partial charge is 0.444 e. The fourth-order valence-corrected chi connectivity index (χ4v) is 4.38.